The van der Waals surface area contributed by atoms with E-state index in [1.165, 1.54) is 0 Å². The number of carbonyl (C=O) groups is 1. The van der Waals surface area contributed by atoms with E-state index in [2.05, 4.69) is 30.4 Å². The molecule has 2 aromatic heterocycles. The lowest BCUT2D eigenvalue weighted by molar-refractivity contribution is 0.00810. The van der Waals surface area contributed by atoms with Crippen LogP contribution < -0.4 is 0 Å². The number of aromatic hydroxyl groups is 1. The summed E-state index contributed by atoms with van der Waals surface area (Å²) >= 11 is 0. The van der Waals surface area contributed by atoms with Crippen molar-refractivity contribution in [1.82, 2.24) is 19.7 Å². The van der Waals surface area contributed by atoms with Gasteiger partial charge >= 0.3 is 6.09 Å². The predicted molar refractivity (Wildman–Crippen MR) is 124 cm³/mol. The van der Waals surface area contributed by atoms with E-state index in [0.29, 0.717) is 6.54 Å². The van der Waals surface area contributed by atoms with Gasteiger partial charge in [0.2, 0.25) is 0 Å². The molecule has 1 aliphatic rings. The lowest BCUT2D eigenvalue weighted by Gasteiger charge is -2.38. The molecule has 7 heteroatoms. The smallest absolute Gasteiger partial charge is 0.410 e. The van der Waals surface area contributed by atoms with Gasteiger partial charge in [0.05, 0.1) is 17.6 Å². The van der Waals surface area contributed by atoms with Crippen LogP contribution in [0.3, 0.4) is 0 Å². The number of ether oxygens (including phenoxy) is 1. The van der Waals surface area contributed by atoms with E-state index >= 15 is 0 Å². The van der Waals surface area contributed by atoms with Crippen molar-refractivity contribution in [1.29, 1.82) is 0 Å². The number of likely N-dealkylation sites (tertiary alicyclic amines) is 1. The van der Waals surface area contributed by atoms with Gasteiger partial charge in [-0.2, -0.15) is 5.10 Å². The zero-order valence-electron chi connectivity index (χ0n) is 19.7. The maximum Gasteiger partial charge on any atom is 0.410 e. The third-order valence-corrected chi connectivity index (χ3v) is 5.84. The Bertz CT molecular complexity index is 1120. The van der Waals surface area contributed by atoms with Crippen molar-refractivity contribution in [3.63, 3.8) is 0 Å². The number of fused-ring (bicyclic) bond motifs is 1. The molecule has 32 heavy (non-hydrogen) atoms. The summed E-state index contributed by atoms with van der Waals surface area (Å²) < 4.78 is 7.78. The molecular formula is C25H32N4O3. The van der Waals surface area contributed by atoms with Crippen LogP contribution in [0.4, 0.5) is 4.79 Å². The molecule has 0 radical (unpaired) electrons. The van der Waals surface area contributed by atoms with Gasteiger partial charge in [-0.3, -0.25) is 9.67 Å². The summed E-state index contributed by atoms with van der Waals surface area (Å²) in [6.45, 7) is 12.8. The summed E-state index contributed by atoms with van der Waals surface area (Å²) in [6, 6.07) is 8.93. The summed E-state index contributed by atoms with van der Waals surface area (Å²) in [5.41, 5.74) is 1.98. The number of pyridine rings is 1. The molecule has 4 rings (SSSR count). The maximum absolute atomic E-state index is 13.1. The standard InChI is InChI=1S/C25H32N4O3/c1-24(2,3)22-20(12-14-28(22)23(31)32-25(4,5)6)29-19-11-13-26-15-18(19)21(27-29)16-7-9-17(30)10-8-16/h7-11,13,15,20,22,30H,12,14H2,1-6H3/t20?,22-/m0/s1. The molecule has 7 nitrogen and oxygen atoms in total. The van der Waals surface area contributed by atoms with Crippen LogP contribution in [0.2, 0.25) is 0 Å². The van der Waals surface area contributed by atoms with E-state index in [1.807, 2.05) is 50.1 Å². The van der Waals surface area contributed by atoms with Crippen molar-refractivity contribution in [2.45, 2.75) is 65.6 Å². The molecule has 1 aromatic carbocycles. The van der Waals surface area contributed by atoms with Gasteiger partial charge in [-0.1, -0.05) is 20.8 Å². The minimum atomic E-state index is -0.548. The number of nitrogens with zero attached hydrogens (tertiary/aromatic N) is 4. The van der Waals surface area contributed by atoms with Crippen LogP contribution in [0.1, 0.15) is 54.0 Å². The molecule has 0 aliphatic carbocycles. The Morgan fingerprint density at radius 2 is 1.78 bits per heavy atom. The Balaban J connectivity index is 1.79. The van der Waals surface area contributed by atoms with Gasteiger partial charge in [-0.05, 0) is 62.9 Å². The minimum absolute atomic E-state index is 0.00159. The summed E-state index contributed by atoms with van der Waals surface area (Å²) in [6.07, 6.45) is 4.10. The van der Waals surface area contributed by atoms with Crippen LogP contribution in [-0.2, 0) is 4.74 Å². The first-order valence-electron chi connectivity index (χ1n) is 11.1. The van der Waals surface area contributed by atoms with E-state index < -0.39 is 5.60 Å². The molecule has 2 atom stereocenters. The van der Waals surface area contributed by atoms with Crippen LogP contribution >= 0.6 is 0 Å². The SMILES string of the molecule is CC(C)(C)OC(=O)N1CCC(n2nc(-c3ccc(O)cc3)c3cnccc32)[C@H]1C(C)(C)C. The summed E-state index contributed by atoms with van der Waals surface area (Å²) in [7, 11) is 0. The molecule has 1 N–H and O–H groups in total. The Hall–Kier alpha value is -3.09. The summed E-state index contributed by atoms with van der Waals surface area (Å²) in [5.74, 6) is 0.215. The molecule has 170 valence electrons. The summed E-state index contributed by atoms with van der Waals surface area (Å²) in [5, 5.41) is 15.7. The van der Waals surface area contributed by atoms with E-state index in [0.717, 1.165) is 28.6 Å². The number of phenols is 1. The molecule has 0 bridgehead atoms. The highest BCUT2D eigenvalue weighted by Crippen LogP contribution is 2.42. The van der Waals surface area contributed by atoms with Crippen molar-refractivity contribution in [2.24, 2.45) is 5.41 Å². The number of amides is 1. The van der Waals surface area contributed by atoms with Gasteiger partial charge in [-0.25, -0.2) is 4.79 Å². The second kappa shape index (κ2) is 7.80. The number of aromatic nitrogens is 3. The number of rotatable bonds is 2. The molecule has 0 spiro atoms. The summed E-state index contributed by atoms with van der Waals surface area (Å²) in [4.78, 5) is 19.2. The number of hydrogen-bond donors (Lipinski definition) is 1. The predicted octanol–water partition coefficient (Wildman–Crippen LogP) is 5.40. The van der Waals surface area contributed by atoms with Gasteiger partial charge < -0.3 is 14.7 Å². The number of carbonyl (C=O) groups excluding carboxylic acids is 1. The van der Waals surface area contributed by atoms with Gasteiger partial charge in [0.1, 0.15) is 17.0 Å². The largest absolute Gasteiger partial charge is 0.508 e. The maximum atomic E-state index is 13.1. The minimum Gasteiger partial charge on any atom is -0.508 e. The van der Waals surface area contributed by atoms with Gasteiger partial charge in [-0.15, -0.1) is 0 Å². The molecule has 0 saturated carbocycles. The van der Waals surface area contributed by atoms with E-state index in [1.54, 1.807) is 18.3 Å². The fourth-order valence-electron chi connectivity index (χ4n) is 4.67. The van der Waals surface area contributed by atoms with Crippen LogP contribution in [0.5, 0.6) is 5.75 Å². The molecule has 1 aliphatic heterocycles. The highest BCUT2D eigenvalue weighted by molar-refractivity contribution is 5.92. The average Bonchev–Trinajstić information content (AvgIpc) is 3.29. The van der Waals surface area contributed by atoms with Crippen molar-refractivity contribution in [3.8, 4) is 17.0 Å². The molecule has 1 saturated heterocycles. The van der Waals surface area contributed by atoms with Crippen LogP contribution in [0.15, 0.2) is 42.7 Å². The quantitative estimate of drug-likeness (QED) is 0.582. The lowest BCUT2D eigenvalue weighted by Crippen LogP contribution is -2.48. The van der Waals surface area contributed by atoms with Crippen LogP contribution in [0, 0.1) is 5.41 Å². The zero-order valence-corrected chi connectivity index (χ0v) is 19.7. The van der Waals surface area contributed by atoms with Gasteiger partial charge in [0.25, 0.3) is 0 Å². The molecule has 3 aromatic rings. The molecule has 1 unspecified atom stereocenters. The second-order valence-corrected chi connectivity index (χ2v) is 10.6. The third kappa shape index (κ3) is 4.16. The average molecular weight is 437 g/mol. The Kier molecular flexibility index (Phi) is 5.39. The molecule has 1 amide bonds. The number of benzene rings is 1. The van der Waals surface area contributed by atoms with E-state index in [-0.39, 0.29) is 29.3 Å². The van der Waals surface area contributed by atoms with Crippen molar-refractivity contribution >= 4 is 17.0 Å². The number of hydrogen-bond acceptors (Lipinski definition) is 5. The van der Waals surface area contributed by atoms with Crippen molar-refractivity contribution in [2.75, 3.05) is 6.54 Å². The van der Waals surface area contributed by atoms with Gasteiger partial charge in [0.15, 0.2) is 0 Å². The van der Waals surface area contributed by atoms with E-state index in [9.17, 15) is 9.90 Å². The van der Waals surface area contributed by atoms with E-state index in [4.69, 9.17) is 9.84 Å². The Morgan fingerprint density at radius 1 is 1.09 bits per heavy atom. The fourth-order valence-corrected chi connectivity index (χ4v) is 4.67. The second-order valence-electron chi connectivity index (χ2n) is 10.6. The third-order valence-electron chi connectivity index (χ3n) is 5.84. The number of phenolic OH excluding ortho intramolecular Hbond substituents is 1. The first kappa shape index (κ1) is 22.1. The monoisotopic (exact) mass is 436 g/mol. The highest BCUT2D eigenvalue weighted by atomic mass is 16.6. The molecule has 3 heterocycles. The first-order valence-corrected chi connectivity index (χ1v) is 11.1. The van der Waals surface area contributed by atoms with Crippen molar-refractivity contribution < 1.29 is 14.6 Å². The zero-order chi connectivity index (χ0) is 23.3. The Morgan fingerprint density at radius 3 is 2.41 bits per heavy atom. The lowest BCUT2D eigenvalue weighted by atomic mass is 9.82. The molecular weight excluding hydrogens is 404 g/mol. The van der Waals surface area contributed by atoms with Gasteiger partial charge in [0, 0.05) is 29.9 Å². The normalized spacial score (nSPS) is 19.5. The molecule has 1 fully saturated rings. The van der Waals surface area contributed by atoms with Crippen LogP contribution in [0.25, 0.3) is 22.2 Å². The fraction of sp³-hybridized carbons (Fsp3) is 0.480. The first-order chi connectivity index (χ1) is 15.0. The Labute approximate surface area is 189 Å². The van der Waals surface area contributed by atoms with Crippen molar-refractivity contribution in [3.05, 3.63) is 42.7 Å². The van der Waals surface area contributed by atoms with Crippen LogP contribution in [-0.4, -0.2) is 49.1 Å². The topological polar surface area (TPSA) is 80.5 Å². The highest BCUT2D eigenvalue weighted by Gasteiger charge is 2.47.